The first-order valence-electron chi connectivity index (χ1n) is 10.1. The van der Waals surface area contributed by atoms with Crippen LogP contribution >= 0.6 is 0 Å². The van der Waals surface area contributed by atoms with Crippen molar-refractivity contribution in [1.82, 2.24) is 20.4 Å². The SMILES string of the molecule is CC(C)N(CCNC(=NCc1cccc(C(F)(F)F)c1)NCC(=O)N(C)C)C(C)C. The Morgan fingerprint density at radius 3 is 2.27 bits per heavy atom. The van der Waals surface area contributed by atoms with E-state index in [0.717, 1.165) is 18.7 Å². The molecule has 1 rings (SSSR count). The summed E-state index contributed by atoms with van der Waals surface area (Å²) < 4.78 is 38.8. The third kappa shape index (κ3) is 9.02. The van der Waals surface area contributed by atoms with Crippen molar-refractivity contribution in [3.63, 3.8) is 0 Å². The first kappa shape index (κ1) is 25.7. The van der Waals surface area contributed by atoms with E-state index in [4.69, 9.17) is 0 Å². The van der Waals surface area contributed by atoms with Crippen LogP contribution < -0.4 is 10.6 Å². The van der Waals surface area contributed by atoms with E-state index in [9.17, 15) is 18.0 Å². The Kier molecular flexibility index (Phi) is 10.1. The maximum Gasteiger partial charge on any atom is 0.416 e. The summed E-state index contributed by atoms with van der Waals surface area (Å²) in [5.74, 6) is 0.254. The summed E-state index contributed by atoms with van der Waals surface area (Å²) in [7, 11) is 3.31. The predicted molar refractivity (Wildman–Crippen MR) is 114 cm³/mol. The number of halogens is 3. The molecule has 9 heteroatoms. The Hall–Kier alpha value is -2.29. The molecule has 0 aromatic heterocycles. The van der Waals surface area contributed by atoms with E-state index in [1.54, 1.807) is 20.2 Å². The minimum absolute atomic E-state index is 0.0412. The van der Waals surface area contributed by atoms with Gasteiger partial charge in [0.1, 0.15) is 0 Å². The van der Waals surface area contributed by atoms with Crippen LogP contribution in [-0.4, -0.2) is 67.5 Å². The number of nitrogens with one attached hydrogen (secondary N) is 2. The zero-order chi connectivity index (χ0) is 22.9. The molecule has 0 spiro atoms. The Bertz CT molecular complexity index is 694. The minimum Gasteiger partial charge on any atom is -0.355 e. The van der Waals surface area contributed by atoms with Crippen LogP contribution in [0, 0.1) is 0 Å². The smallest absolute Gasteiger partial charge is 0.355 e. The summed E-state index contributed by atoms with van der Waals surface area (Å²) in [5.41, 5.74) is -0.263. The van der Waals surface area contributed by atoms with Gasteiger partial charge < -0.3 is 15.5 Å². The lowest BCUT2D eigenvalue weighted by molar-refractivity contribution is -0.137. The lowest BCUT2D eigenvalue weighted by atomic mass is 10.1. The number of amides is 1. The number of rotatable bonds is 9. The Labute approximate surface area is 177 Å². The van der Waals surface area contributed by atoms with Gasteiger partial charge in [-0.1, -0.05) is 12.1 Å². The lowest BCUT2D eigenvalue weighted by Gasteiger charge is -2.30. The number of likely N-dealkylation sites (N-methyl/N-ethyl adjacent to an activating group) is 1. The highest BCUT2D eigenvalue weighted by Crippen LogP contribution is 2.29. The van der Waals surface area contributed by atoms with E-state index < -0.39 is 11.7 Å². The molecule has 170 valence electrons. The quantitative estimate of drug-likeness (QED) is 0.468. The molecule has 0 saturated carbocycles. The van der Waals surface area contributed by atoms with Crippen LogP contribution in [0.25, 0.3) is 0 Å². The fourth-order valence-corrected chi connectivity index (χ4v) is 2.92. The number of nitrogens with zero attached hydrogens (tertiary/aromatic N) is 3. The number of guanidine groups is 1. The Balaban J connectivity index is 2.85. The molecule has 1 amide bonds. The number of aliphatic imine (C=N–C) groups is 1. The van der Waals surface area contributed by atoms with Crippen LogP contribution in [0.5, 0.6) is 0 Å². The molecule has 0 fully saturated rings. The van der Waals surface area contributed by atoms with Gasteiger partial charge in [0.15, 0.2) is 5.96 Å². The second kappa shape index (κ2) is 11.8. The highest BCUT2D eigenvalue weighted by molar-refractivity contribution is 5.86. The number of benzene rings is 1. The highest BCUT2D eigenvalue weighted by Gasteiger charge is 2.30. The fraction of sp³-hybridized carbons (Fsp3) is 0.619. The number of hydrogen-bond donors (Lipinski definition) is 2. The maximum atomic E-state index is 12.9. The molecule has 2 N–H and O–H groups in total. The molecule has 0 aliphatic rings. The molecule has 0 radical (unpaired) electrons. The molecule has 0 bridgehead atoms. The molecule has 0 aliphatic carbocycles. The summed E-state index contributed by atoms with van der Waals surface area (Å²) in [6.07, 6.45) is -4.39. The third-order valence-electron chi connectivity index (χ3n) is 4.57. The first-order chi connectivity index (χ1) is 13.9. The van der Waals surface area contributed by atoms with Gasteiger partial charge in [-0.25, -0.2) is 4.99 Å². The first-order valence-corrected chi connectivity index (χ1v) is 10.1. The van der Waals surface area contributed by atoms with E-state index in [1.807, 2.05) is 0 Å². The summed E-state index contributed by atoms with van der Waals surface area (Å²) in [5, 5.41) is 6.13. The average molecular weight is 430 g/mol. The van der Waals surface area contributed by atoms with Crippen molar-refractivity contribution in [2.45, 2.75) is 52.5 Å². The van der Waals surface area contributed by atoms with Crippen molar-refractivity contribution in [1.29, 1.82) is 0 Å². The number of hydrogen-bond acceptors (Lipinski definition) is 3. The normalized spacial score (nSPS) is 12.6. The zero-order valence-electron chi connectivity index (χ0n) is 18.7. The van der Waals surface area contributed by atoms with Gasteiger partial charge in [0.05, 0.1) is 18.7 Å². The van der Waals surface area contributed by atoms with Gasteiger partial charge in [-0.3, -0.25) is 9.69 Å². The van der Waals surface area contributed by atoms with Crippen LogP contribution in [0.15, 0.2) is 29.3 Å². The monoisotopic (exact) mass is 429 g/mol. The molecule has 0 aliphatic heterocycles. The van der Waals surface area contributed by atoms with Crippen molar-refractivity contribution < 1.29 is 18.0 Å². The second-order valence-corrected chi connectivity index (χ2v) is 7.86. The van der Waals surface area contributed by atoms with E-state index in [-0.39, 0.29) is 19.0 Å². The maximum absolute atomic E-state index is 12.9. The van der Waals surface area contributed by atoms with Crippen molar-refractivity contribution in [3.05, 3.63) is 35.4 Å². The molecule has 1 aromatic carbocycles. The number of carbonyl (C=O) groups excluding carboxylic acids is 1. The standard InChI is InChI=1S/C21H34F3N5O/c1-15(2)29(16(3)4)11-10-25-20(27-14-19(30)28(5)6)26-13-17-8-7-9-18(12-17)21(22,23)24/h7-9,12,15-16H,10-11,13-14H2,1-6H3,(H2,25,26,27). The fourth-order valence-electron chi connectivity index (χ4n) is 2.92. The van der Waals surface area contributed by atoms with Gasteiger partial charge in [-0.2, -0.15) is 13.2 Å². The van der Waals surface area contributed by atoms with Crippen molar-refractivity contribution >= 4 is 11.9 Å². The zero-order valence-corrected chi connectivity index (χ0v) is 18.7. The van der Waals surface area contributed by atoms with Crippen LogP contribution in [0.2, 0.25) is 0 Å². The van der Waals surface area contributed by atoms with Crippen LogP contribution in [0.4, 0.5) is 13.2 Å². The van der Waals surface area contributed by atoms with Gasteiger partial charge in [-0.15, -0.1) is 0 Å². The van der Waals surface area contributed by atoms with Crippen molar-refractivity contribution in [2.75, 3.05) is 33.7 Å². The summed E-state index contributed by atoms with van der Waals surface area (Å²) >= 11 is 0. The summed E-state index contributed by atoms with van der Waals surface area (Å²) in [4.78, 5) is 20.0. The van der Waals surface area contributed by atoms with E-state index in [1.165, 1.54) is 11.0 Å². The highest BCUT2D eigenvalue weighted by atomic mass is 19.4. The topological polar surface area (TPSA) is 60.0 Å². The molecular formula is C21H34F3N5O. The van der Waals surface area contributed by atoms with Gasteiger partial charge in [-0.05, 0) is 45.4 Å². The molecular weight excluding hydrogens is 395 g/mol. The lowest BCUT2D eigenvalue weighted by Crippen LogP contribution is -2.47. The van der Waals surface area contributed by atoms with Gasteiger partial charge in [0.25, 0.3) is 0 Å². The van der Waals surface area contributed by atoms with Gasteiger partial charge in [0, 0.05) is 39.3 Å². The summed E-state index contributed by atoms with van der Waals surface area (Å²) in [6, 6.07) is 5.84. The Morgan fingerprint density at radius 2 is 1.73 bits per heavy atom. The average Bonchev–Trinajstić information content (AvgIpc) is 2.65. The largest absolute Gasteiger partial charge is 0.416 e. The van der Waals surface area contributed by atoms with Crippen LogP contribution in [-0.2, 0) is 17.5 Å². The Morgan fingerprint density at radius 1 is 1.10 bits per heavy atom. The molecule has 0 unspecified atom stereocenters. The molecule has 0 heterocycles. The molecule has 0 atom stereocenters. The molecule has 6 nitrogen and oxygen atoms in total. The van der Waals surface area contributed by atoms with E-state index in [0.29, 0.717) is 30.2 Å². The third-order valence-corrected chi connectivity index (χ3v) is 4.57. The van der Waals surface area contributed by atoms with Gasteiger partial charge in [0.2, 0.25) is 5.91 Å². The van der Waals surface area contributed by atoms with Crippen LogP contribution in [0.1, 0.15) is 38.8 Å². The summed E-state index contributed by atoms with van der Waals surface area (Å²) in [6.45, 7) is 9.94. The van der Waals surface area contributed by atoms with E-state index >= 15 is 0 Å². The number of carbonyl (C=O) groups is 1. The molecule has 30 heavy (non-hydrogen) atoms. The molecule has 1 aromatic rings. The second-order valence-electron chi connectivity index (χ2n) is 7.86. The van der Waals surface area contributed by atoms with Crippen LogP contribution in [0.3, 0.4) is 0 Å². The molecule has 0 saturated heterocycles. The predicted octanol–water partition coefficient (Wildman–Crippen LogP) is 2.95. The number of alkyl halides is 3. The van der Waals surface area contributed by atoms with Crippen molar-refractivity contribution in [2.24, 2.45) is 4.99 Å². The minimum atomic E-state index is -4.39. The van der Waals surface area contributed by atoms with E-state index in [2.05, 4.69) is 48.2 Å². The van der Waals surface area contributed by atoms with Crippen molar-refractivity contribution in [3.8, 4) is 0 Å². The van der Waals surface area contributed by atoms with Gasteiger partial charge >= 0.3 is 6.18 Å².